The molecule has 2 aliphatic heterocycles. The molecule has 0 saturated carbocycles. The van der Waals surface area contributed by atoms with E-state index in [9.17, 15) is 9.59 Å². The number of hydrogen-bond acceptors (Lipinski definition) is 3. The van der Waals surface area contributed by atoms with Crippen LogP contribution in [0.3, 0.4) is 0 Å². The quantitative estimate of drug-likeness (QED) is 0.413. The zero-order valence-electron chi connectivity index (χ0n) is 22.7. The van der Waals surface area contributed by atoms with Crippen molar-refractivity contribution < 1.29 is 9.59 Å². The van der Waals surface area contributed by atoms with E-state index in [1.807, 2.05) is 35.2 Å². The van der Waals surface area contributed by atoms with Crippen molar-refractivity contribution in [1.29, 1.82) is 0 Å². The Kier molecular flexibility index (Phi) is 10.6. The second-order valence-electron chi connectivity index (χ2n) is 10.9. The molecule has 0 atom stereocenters. The van der Waals surface area contributed by atoms with Crippen LogP contribution in [-0.2, 0) is 17.6 Å². The highest BCUT2D eigenvalue weighted by molar-refractivity contribution is 5.94. The Balaban J connectivity index is 1.14. The van der Waals surface area contributed by atoms with Crippen molar-refractivity contribution in [3.8, 4) is 0 Å². The third-order valence-electron chi connectivity index (χ3n) is 8.24. The summed E-state index contributed by atoms with van der Waals surface area (Å²) in [4.78, 5) is 30.3. The summed E-state index contributed by atoms with van der Waals surface area (Å²) < 4.78 is 0. The Morgan fingerprint density at radius 2 is 1.46 bits per heavy atom. The molecule has 1 N–H and O–H groups in total. The van der Waals surface area contributed by atoms with Gasteiger partial charge in [-0.05, 0) is 81.3 Å². The lowest BCUT2D eigenvalue weighted by Crippen LogP contribution is -2.50. The van der Waals surface area contributed by atoms with Crippen LogP contribution in [0, 0.1) is 5.92 Å². The van der Waals surface area contributed by atoms with E-state index in [4.69, 9.17) is 0 Å². The van der Waals surface area contributed by atoms with Gasteiger partial charge in [0.1, 0.15) is 0 Å². The van der Waals surface area contributed by atoms with Gasteiger partial charge in [-0.3, -0.25) is 9.59 Å². The number of piperidine rings is 2. The van der Waals surface area contributed by atoms with Gasteiger partial charge < -0.3 is 15.1 Å². The maximum absolute atomic E-state index is 13.1. The Morgan fingerprint density at radius 1 is 0.784 bits per heavy atom. The van der Waals surface area contributed by atoms with Crippen molar-refractivity contribution in [2.24, 2.45) is 5.92 Å². The molecule has 0 radical (unpaired) electrons. The molecule has 2 heterocycles. The van der Waals surface area contributed by atoms with Crippen LogP contribution in [0.25, 0.3) is 0 Å². The first-order valence-corrected chi connectivity index (χ1v) is 14.6. The molecule has 0 aromatic heterocycles. The van der Waals surface area contributed by atoms with Crippen LogP contribution in [0.5, 0.6) is 0 Å². The fraction of sp³-hybridized carbons (Fsp3) is 0.562. The maximum Gasteiger partial charge on any atom is 0.253 e. The van der Waals surface area contributed by atoms with Crippen LogP contribution >= 0.6 is 0 Å². The molecule has 0 aliphatic carbocycles. The molecule has 5 heteroatoms. The van der Waals surface area contributed by atoms with Crippen molar-refractivity contribution in [3.05, 3.63) is 71.3 Å². The molecule has 0 spiro atoms. The highest BCUT2D eigenvalue weighted by atomic mass is 16.2. The third kappa shape index (κ3) is 8.16. The fourth-order valence-electron chi connectivity index (χ4n) is 5.83. The maximum atomic E-state index is 13.1. The normalized spacial score (nSPS) is 17.6. The molecular weight excluding hydrogens is 458 g/mol. The molecular formula is C32H45N3O2. The Labute approximate surface area is 223 Å². The Morgan fingerprint density at radius 3 is 2.14 bits per heavy atom. The number of benzene rings is 2. The summed E-state index contributed by atoms with van der Waals surface area (Å²) in [5.41, 5.74) is 3.41. The lowest BCUT2D eigenvalue weighted by Gasteiger charge is -2.41. The number of hydrogen-bond donors (Lipinski definition) is 1. The number of likely N-dealkylation sites (tertiary alicyclic amines) is 2. The van der Waals surface area contributed by atoms with Crippen molar-refractivity contribution in [1.82, 2.24) is 15.1 Å². The number of carbonyl (C=O) groups excluding carboxylic acids is 2. The first-order chi connectivity index (χ1) is 18.1. The van der Waals surface area contributed by atoms with Crippen molar-refractivity contribution in [2.75, 3.05) is 32.7 Å². The van der Waals surface area contributed by atoms with Gasteiger partial charge in [-0.25, -0.2) is 0 Å². The molecule has 37 heavy (non-hydrogen) atoms. The first-order valence-electron chi connectivity index (χ1n) is 14.6. The highest BCUT2D eigenvalue weighted by Gasteiger charge is 2.31. The van der Waals surface area contributed by atoms with E-state index in [0.29, 0.717) is 12.6 Å². The average molecular weight is 504 g/mol. The van der Waals surface area contributed by atoms with Gasteiger partial charge in [0.2, 0.25) is 5.91 Å². The molecule has 2 aliphatic rings. The smallest absolute Gasteiger partial charge is 0.253 e. The largest absolute Gasteiger partial charge is 0.356 e. The molecule has 2 aromatic rings. The van der Waals surface area contributed by atoms with Gasteiger partial charge in [0.25, 0.3) is 5.91 Å². The van der Waals surface area contributed by atoms with E-state index in [1.165, 1.54) is 36.8 Å². The van der Waals surface area contributed by atoms with Crippen molar-refractivity contribution >= 4 is 11.8 Å². The van der Waals surface area contributed by atoms with E-state index < -0.39 is 0 Å². The minimum absolute atomic E-state index is 0.128. The Bertz CT molecular complexity index is 959. The van der Waals surface area contributed by atoms with E-state index in [2.05, 4.69) is 41.4 Å². The first kappa shape index (κ1) is 27.4. The summed E-state index contributed by atoms with van der Waals surface area (Å²) in [5.74, 6) is 0.508. The van der Waals surface area contributed by atoms with Crippen LogP contribution in [-0.4, -0.2) is 60.4 Å². The zero-order valence-corrected chi connectivity index (χ0v) is 22.7. The van der Waals surface area contributed by atoms with Crippen LogP contribution in [0.15, 0.2) is 54.6 Å². The van der Waals surface area contributed by atoms with Crippen molar-refractivity contribution in [2.45, 2.75) is 77.2 Å². The van der Waals surface area contributed by atoms with Gasteiger partial charge in [0.15, 0.2) is 0 Å². The number of carbonyl (C=O) groups is 2. The molecule has 2 saturated heterocycles. The standard InChI is InChI=1S/C32H45N3O2/c1-2-3-4-6-11-27-12-14-29(15-13-27)32(37)35-24-19-30(20-25-35)34-22-17-28(18-23-34)31(36)33-21-16-26-9-7-5-8-10-26/h5,7-10,12-15,28,30H,2-4,6,11,16-25H2,1H3,(H,33,36). The topological polar surface area (TPSA) is 52.7 Å². The van der Waals surface area contributed by atoms with Gasteiger partial charge in [0, 0.05) is 37.2 Å². The lowest BCUT2D eigenvalue weighted by atomic mass is 9.92. The van der Waals surface area contributed by atoms with Gasteiger partial charge in [-0.2, -0.15) is 0 Å². The van der Waals surface area contributed by atoms with Crippen LogP contribution in [0.2, 0.25) is 0 Å². The molecule has 0 unspecified atom stereocenters. The Hall–Kier alpha value is -2.66. The van der Waals surface area contributed by atoms with Gasteiger partial charge >= 0.3 is 0 Å². The second kappa shape index (κ2) is 14.3. The number of amides is 2. The minimum Gasteiger partial charge on any atom is -0.356 e. The summed E-state index contributed by atoms with van der Waals surface area (Å²) in [6, 6.07) is 19.1. The van der Waals surface area contributed by atoms with Crippen LogP contribution in [0.1, 0.15) is 79.8 Å². The monoisotopic (exact) mass is 503 g/mol. The lowest BCUT2D eigenvalue weighted by molar-refractivity contribution is -0.126. The summed E-state index contributed by atoms with van der Waals surface area (Å²) in [6.07, 6.45) is 11.0. The second-order valence-corrected chi connectivity index (χ2v) is 10.9. The minimum atomic E-state index is 0.128. The number of nitrogens with one attached hydrogen (secondary N) is 1. The fourth-order valence-corrected chi connectivity index (χ4v) is 5.83. The van der Waals surface area contributed by atoms with Crippen LogP contribution in [0.4, 0.5) is 0 Å². The molecule has 2 fully saturated rings. The number of aryl methyl sites for hydroxylation is 1. The molecule has 2 aromatic carbocycles. The van der Waals surface area contributed by atoms with E-state index in [1.54, 1.807) is 0 Å². The van der Waals surface area contributed by atoms with Gasteiger partial charge in [-0.15, -0.1) is 0 Å². The predicted molar refractivity (Wildman–Crippen MR) is 151 cm³/mol. The molecule has 5 nitrogen and oxygen atoms in total. The van der Waals surface area contributed by atoms with E-state index in [0.717, 1.165) is 70.3 Å². The number of rotatable bonds is 11. The summed E-state index contributed by atoms with van der Waals surface area (Å²) in [6.45, 7) is 6.55. The highest BCUT2D eigenvalue weighted by Crippen LogP contribution is 2.25. The predicted octanol–water partition coefficient (Wildman–Crippen LogP) is 5.48. The summed E-state index contributed by atoms with van der Waals surface area (Å²) in [7, 11) is 0. The molecule has 200 valence electrons. The molecule has 0 bridgehead atoms. The third-order valence-corrected chi connectivity index (χ3v) is 8.24. The van der Waals surface area contributed by atoms with Gasteiger partial charge in [-0.1, -0.05) is 68.7 Å². The average Bonchev–Trinajstić information content (AvgIpc) is 2.96. The van der Waals surface area contributed by atoms with Crippen molar-refractivity contribution in [3.63, 3.8) is 0 Å². The van der Waals surface area contributed by atoms with Crippen LogP contribution < -0.4 is 5.32 Å². The summed E-state index contributed by atoms with van der Waals surface area (Å²) >= 11 is 0. The summed E-state index contributed by atoms with van der Waals surface area (Å²) in [5, 5.41) is 3.15. The number of nitrogens with zero attached hydrogens (tertiary/aromatic N) is 2. The molecule has 2 amide bonds. The van der Waals surface area contributed by atoms with E-state index in [-0.39, 0.29) is 17.7 Å². The molecule has 4 rings (SSSR count). The van der Waals surface area contributed by atoms with Gasteiger partial charge in [0.05, 0.1) is 0 Å². The van der Waals surface area contributed by atoms with E-state index >= 15 is 0 Å². The zero-order chi connectivity index (χ0) is 25.9. The number of unbranched alkanes of at least 4 members (excludes halogenated alkanes) is 3. The SMILES string of the molecule is CCCCCCc1ccc(C(=O)N2CCC(N3CCC(C(=O)NCCc4ccccc4)CC3)CC2)cc1.